The van der Waals surface area contributed by atoms with Gasteiger partial charge in [0.1, 0.15) is 6.04 Å². The van der Waals surface area contributed by atoms with Gasteiger partial charge in [0.05, 0.1) is 11.3 Å². The van der Waals surface area contributed by atoms with Crippen molar-refractivity contribution < 1.29 is 9.59 Å². The Balaban J connectivity index is 1.84. The molecule has 3 rings (SSSR count). The second-order valence-corrected chi connectivity index (χ2v) is 5.70. The first kappa shape index (κ1) is 13.1. The SMILES string of the molecule is Cc1nc(C2CC2)ccc1C(=O)N1CCC[C@@H]1C(N)=O. The topological polar surface area (TPSA) is 76.3 Å². The van der Waals surface area contributed by atoms with Gasteiger partial charge in [0, 0.05) is 18.2 Å². The van der Waals surface area contributed by atoms with Crippen LogP contribution < -0.4 is 5.73 Å². The van der Waals surface area contributed by atoms with Crippen molar-refractivity contribution in [3.63, 3.8) is 0 Å². The summed E-state index contributed by atoms with van der Waals surface area (Å²) in [5, 5.41) is 0. The van der Waals surface area contributed by atoms with Crippen LogP contribution >= 0.6 is 0 Å². The molecule has 2 aliphatic rings. The Hall–Kier alpha value is -1.91. The molecule has 2 heterocycles. The molecule has 0 spiro atoms. The van der Waals surface area contributed by atoms with Crippen LogP contribution in [0.5, 0.6) is 0 Å². The van der Waals surface area contributed by atoms with Crippen molar-refractivity contribution in [3.05, 3.63) is 29.1 Å². The highest BCUT2D eigenvalue weighted by Gasteiger charge is 2.34. The molecule has 1 aromatic rings. The Labute approximate surface area is 118 Å². The molecule has 1 aromatic heterocycles. The molecule has 2 amide bonds. The van der Waals surface area contributed by atoms with E-state index in [0.717, 1.165) is 17.8 Å². The largest absolute Gasteiger partial charge is 0.368 e. The lowest BCUT2D eigenvalue weighted by Crippen LogP contribution is -2.43. The van der Waals surface area contributed by atoms with Crippen LogP contribution in [0, 0.1) is 6.92 Å². The van der Waals surface area contributed by atoms with Gasteiger partial charge < -0.3 is 10.6 Å². The first-order valence-corrected chi connectivity index (χ1v) is 7.15. The van der Waals surface area contributed by atoms with Gasteiger partial charge in [0.25, 0.3) is 5.91 Å². The summed E-state index contributed by atoms with van der Waals surface area (Å²) in [6.07, 6.45) is 3.87. The number of rotatable bonds is 3. The number of hydrogen-bond donors (Lipinski definition) is 1. The van der Waals surface area contributed by atoms with E-state index in [0.29, 0.717) is 24.4 Å². The highest BCUT2D eigenvalue weighted by molar-refractivity contribution is 5.98. The molecule has 1 aliphatic carbocycles. The van der Waals surface area contributed by atoms with Crippen LogP contribution in [-0.4, -0.2) is 34.3 Å². The Morgan fingerprint density at radius 2 is 2.05 bits per heavy atom. The van der Waals surface area contributed by atoms with E-state index in [1.54, 1.807) is 4.90 Å². The molecule has 2 N–H and O–H groups in total. The van der Waals surface area contributed by atoms with Crippen molar-refractivity contribution in [2.75, 3.05) is 6.54 Å². The maximum Gasteiger partial charge on any atom is 0.256 e. The highest BCUT2D eigenvalue weighted by Crippen LogP contribution is 2.39. The zero-order valence-corrected chi connectivity index (χ0v) is 11.6. The number of carbonyl (C=O) groups is 2. The van der Waals surface area contributed by atoms with E-state index in [-0.39, 0.29) is 5.91 Å². The van der Waals surface area contributed by atoms with E-state index in [1.165, 1.54) is 12.8 Å². The number of pyridine rings is 1. The first-order chi connectivity index (χ1) is 9.58. The summed E-state index contributed by atoms with van der Waals surface area (Å²) in [6, 6.07) is 3.31. The summed E-state index contributed by atoms with van der Waals surface area (Å²) in [5.74, 6) is 0.0257. The van der Waals surface area contributed by atoms with Gasteiger partial charge in [-0.15, -0.1) is 0 Å². The fourth-order valence-corrected chi connectivity index (χ4v) is 2.87. The second-order valence-electron chi connectivity index (χ2n) is 5.70. The number of amides is 2. The van der Waals surface area contributed by atoms with E-state index in [1.807, 2.05) is 19.1 Å². The third kappa shape index (κ3) is 2.28. The molecule has 20 heavy (non-hydrogen) atoms. The Bertz CT molecular complexity index is 566. The maximum absolute atomic E-state index is 12.6. The lowest BCUT2D eigenvalue weighted by molar-refractivity contribution is -0.121. The third-order valence-electron chi connectivity index (χ3n) is 4.18. The summed E-state index contributed by atoms with van der Waals surface area (Å²) >= 11 is 0. The number of primary amides is 1. The predicted octanol–water partition coefficient (Wildman–Crippen LogP) is 1.36. The normalized spacial score (nSPS) is 22.1. The molecule has 1 aliphatic heterocycles. The average Bonchev–Trinajstić information content (AvgIpc) is 3.14. The standard InChI is InChI=1S/C15H19N3O2/c1-9-11(6-7-12(17-9)10-4-5-10)15(20)18-8-2-3-13(18)14(16)19/h6-7,10,13H,2-5,8H2,1H3,(H2,16,19)/t13-/m1/s1. The van der Waals surface area contributed by atoms with Crippen LogP contribution in [0.2, 0.25) is 0 Å². The van der Waals surface area contributed by atoms with E-state index in [2.05, 4.69) is 4.98 Å². The molecule has 0 aromatic carbocycles. The van der Waals surface area contributed by atoms with Crippen molar-refractivity contribution >= 4 is 11.8 Å². The minimum atomic E-state index is -0.468. The number of aryl methyl sites for hydroxylation is 1. The number of hydrogen-bond acceptors (Lipinski definition) is 3. The van der Waals surface area contributed by atoms with Gasteiger partial charge in [-0.05, 0) is 44.7 Å². The Morgan fingerprint density at radius 3 is 2.65 bits per heavy atom. The molecule has 2 fully saturated rings. The van der Waals surface area contributed by atoms with Crippen LogP contribution in [0.1, 0.15) is 53.3 Å². The van der Waals surface area contributed by atoms with Gasteiger partial charge in [-0.25, -0.2) is 0 Å². The van der Waals surface area contributed by atoms with Crippen molar-refractivity contribution in [2.45, 2.75) is 44.6 Å². The molecule has 5 heteroatoms. The minimum Gasteiger partial charge on any atom is -0.368 e. The van der Waals surface area contributed by atoms with Gasteiger partial charge >= 0.3 is 0 Å². The molecular formula is C15H19N3O2. The van der Waals surface area contributed by atoms with Crippen LogP contribution in [0.4, 0.5) is 0 Å². The first-order valence-electron chi connectivity index (χ1n) is 7.15. The molecule has 1 atom stereocenters. The van der Waals surface area contributed by atoms with Crippen LogP contribution in [0.15, 0.2) is 12.1 Å². The van der Waals surface area contributed by atoms with E-state index < -0.39 is 11.9 Å². The van der Waals surface area contributed by atoms with E-state index in [9.17, 15) is 9.59 Å². The van der Waals surface area contributed by atoms with Gasteiger partial charge in [-0.3, -0.25) is 14.6 Å². The summed E-state index contributed by atoms with van der Waals surface area (Å²) < 4.78 is 0. The summed E-state index contributed by atoms with van der Waals surface area (Å²) in [6.45, 7) is 2.45. The van der Waals surface area contributed by atoms with Crippen molar-refractivity contribution in [2.24, 2.45) is 5.73 Å². The van der Waals surface area contributed by atoms with Crippen molar-refractivity contribution in [1.82, 2.24) is 9.88 Å². The maximum atomic E-state index is 12.6. The molecule has 0 radical (unpaired) electrons. The Morgan fingerprint density at radius 1 is 1.30 bits per heavy atom. The summed E-state index contributed by atoms with van der Waals surface area (Å²) in [5.41, 5.74) is 7.77. The molecule has 0 unspecified atom stereocenters. The Kier molecular flexibility index (Phi) is 3.20. The zero-order valence-electron chi connectivity index (χ0n) is 11.6. The molecular weight excluding hydrogens is 254 g/mol. The highest BCUT2D eigenvalue weighted by atomic mass is 16.2. The molecule has 106 valence electrons. The molecule has 1 saturated carbocycles. The molecule has 1 saturated heterocycles. The van der Waals surface area contributed by atoms with E-state index >= 15 is 0 Å². The minimum absolute atomic E-state index is 0.126. The zero-order chi connectivity index (χ0) is 14.3. The number of aromatic nitrogens is 1. The number of nitrogens with two attached hydrogens (primary N) is 1. The number of nitrogens with zero attached hydrogens (tertiary/aromatic N) is 2. The summed E-state index contributed by atoms with van der Waals surface area (Å²) in [4.78, 5) is 30.1. The lowest BCUT2D eigenvalue weighted by Gasteiger charge is -2.22. The van der Waals surface area contributed by atoms with Crippen molar-refractivity contribution in [3.8, 4) is 0 Å². The van der Waals surface area contributed by atoms with Crippen molar-refractivity contribution in [1.29, 1.82) is 0 Å². The second kappa shape index (κ2) is 4.89. The third-order valence-corrected chi connectivity index (χ3v) is 4.18. The van der Waals surface area contributed by atoms with Crippen LogP contribution in [0.3, 0.4) is 0 Å². The summed E-state index contributed by atoms with van der Waals surface area (Å²) in [7, 11) is 0. The lowest BCUT2D eigenvalue weighted by atomic mass is 10.1. The average molecular weight is 273 g/mol. The van der Waals surface area contributed by atoms with Crippen LogP contribution in [0.25, 0.3) is 0 Å². The fraction of sp³-hybridized carbons (Fsp3) is 0.533. The number of carbonyl (C=O) groups excluding carboxylic acids is 2. The van der Waals surface area contributed by atoms with Crippen LogP contribution in [-0.2, 0) is 4.79 Å². The smallest absolute Gasteiger partial charge is 0.256 e. The van der Waals surface area contributed by atoms with Gasteiger partial charge in [0.2, 0.25) is 5.91 Å². The monoisotopic (exact) mass is 273 g/mol. The molecule has 5 nitrogen and oxygen atoms in total. The van der Waals surface area contributed by atoms with Gasteiger partial charge in [-0.2, -0.15) is 0 Å². The van der Waals surface area contributed by atoms with Gasteiger partial charge in [0.15, 0.2) is 0 Å². The predicted molar refractivity (Wildman–Crippen MR) is 74.2 cm³/mol. The molecule has 0 bridgehead atoms. The van der Waals surface area contributed by atoms with Gasteiger partial charge in [-0.1, -0.05) is 0 Å². The fourth-order valence-electron chi connectivity index (χ4n) is 2.87. The number of likely N-dealkylation sites (tertiary alicyclic amines) is 1. The quantitative estimate of drug-likeness (QED) is 0.903. The van der Waals surface area contributed by atoms with E-state index in [4.69, 9.17) is 5.73 Å².